The first-order chi connectivity index (χ1) is 10.7. The molecule has 2 aromatic rings. The molecule has 2 amide bonds. The third-order valence-corrected chi connectivity index (χ3v) is 3.83. The molecular formula is C18H18N2O2. The minimum atomic E-state index is -0.246. The second-order valence-electron chi connectivity index (χ2n) is 5.43. The van der Waals surface area contributed by atoms with Crippen LogP contribution in [0.1, 0.15) is 27.9 Å². The first kappa shape index (κ1) is 14.3. The standard InChI is InChI=1S/C18H18N2O2/c21-17(12-19-18(22)14-5-2-1-3-6-14)20-16-10-9-13-7-4-8-15(13)11-16/h1-3,5-6,9-11H,4,7-8,12H2,(H,19,22)(H,20,21). The first-order valence-electron chi connectivity index (χ1n) is 7.47. The molecule has 2 aromatic carbocycles. The molecule has 2 N–H and O–H groups in total. The molecule has 1 aliphatic carbocycles. The Labute approximate surface area is 129 Å². The minimum absolute atomic E-state index is 0.0369. The number of rotatable bonds is 4. The van der Waals surface area contributed by atoms with Gasteiger partial charge in [-0.1, -0.05) is 24.3 Å². The Morgan fingerprint density at radius 2 is 1.73 bits per heavy atom. The average molecular weight is 294 g/mol. The molecule has 0 unspecified atom stereocenters. The van der Waals surface area contributed by atoms with E-state index in [-0.39, 0.29) is 18.4 Å². The van der Waals surface area contributed by atoms with E-state index in [2.05, 4.69) is 16.7 Å². The number of nitrogens with one attached hydrogen (secondary N) is 2. The van der Waals surface area contributed by atoms with Crippen molar-refractivity contribution in [3.05, 3.63) is 65.2 Å². The van der Waals surface area contributed by atoms with Crippen LogP contribution in [0.3, 0.4) is 0 Å². The van der Waals surface area contributed by atoms with Gasteiger partial charge in [0.25, 0.3) is 5.91 Å². The van der Waals surface area contributed by atoms with Gasteiger partial charge >= 0.3 is 0 Å². The lowest BCUT2D eigenvalue weighted by atomic mass is 10.1. The number of hydrogen-bond acceptors (Lipinski definition) is 2. The Kier molecular flexibility index (Phi) is 4.19. The van der Waals surface area contributed by atoms with Gasteiger partial charge < -0.3 is 10.6 Å². The van der Waals surface area contributed by atoms with E-state index in [9.17, 15) is 9.59 Å². The molecule has 0 atom stereocenters. The van der Waals surface area contributed by atoms with Crippen LogP contribution >= 0.6 is 0 Å². The molecule has 1 aliphatic rings. The fourth-order valence-electron chi connectivity index (χ4n) is 2.71. The molecule has 0 spiro atoms. The van der Waals surface area contributed by atoms with Crippen LogP contribution in [-0.4, -0.2) is 18.4 Å². The highest BCUT2D eigenvalue weighted by molar-refractivity contribution is 5.99. The quantitative estimate of drug-likeness (QED) is 0.910. The first-order valence-corrected chi connectivity index (χ1v) is 7.47. The summed E-state index contributed by atoms with van der Waals surface area (Å²) < 4.78 is 0. The van der Waals surface area contributed by atoms with Crippen LogP contribution in [0.15, 0.2) is 48.5 Å². The van der Waals surface area contributed by atoms with E-state index in [4.69, 9.17) is 0 Å². The lowest BCUT2D eigenvalue weighted by Gasteiger charge is -2.08. The van der Waals surface area contributed by atoms with E-state index in [1.165, 1.54) is 17.5 Å². The van der Waals surface area contributed by atoms with Gasteiger partial charge in [0.15, 0.2) is 0 Å². The smallest absolute Gasteiger partial charge is 0.251 e. The van der Waals surface area contributed by atoms with Crippen molar-refractivity contribution in [2.45, 2.75) is 19.3 Å². The van der Waals surface area contributed by atoms with Crippen molar-refractivity contribution in [2.75, 3.05) is 11.9 Å². The van der Waals surface area contributed by atoms with Gasteiger partial charge in [-0.25, -0.2) is 0 Å². The number of carbonyl (C=O) groups excluding carboxylic acids is 2. The van der Waals surface area contributed by atoms with Crippen LogP contribution in [-0.2, 0) is 17.6 Å². The van der Waals surface area contributed by atoms with Crippen molar-refractivity contribution >= 4 is 17.5 Å². The van der Waals surface area contributed by atoms with E-state index >= 15 is 0 Å². The molecule has 22 heavy (non-hydrogen) atoms. The molecule has 4 nitrogen and oxygen atoms in total. The van der Waals surface area contributed by atoms with Crippen molar-refractivity contribution in [1.82, 2.24) is 5.32 Å². The number of anilines is 1. The van der Waals surface area contributed by atoms with Gasteiger partial charge in [0.05, 0.1) is 6.54 Å². The van der Waals surface area contributed by atoms with Gasteiger partial charge in [-0.05, 0) is 54.7 Å². The minimum Gasteiger partial charge on any atom is -0.343 e. The van der Waals surface area contributed by atoms with Gasteiger partial charge in [-0.3, -0.25) is 9.59 Å². The van der Waals surface area contributed by atoms with Crippen molar-refractivity contribution in [2.24, 2.45) is 0 Å². The van der Waals surface area contributed by atoms with Gasteiger partial charge in [-0.2, -0.15) is 0 Å². The van der Waals surface area contributed by atoms with Crippen LogP contribution in [0.5, 0.6) is 0 Å². The molecule has 0 radical (unpaired) electrons. The molecule has 0 aliphatic heterocycles. The van der Waals surface area contributed by atoms with Gasteiger partial charge in [0.2, 0.25) is 5.91 Å². The topological polar surface area (TPSA) is 58.2 Å². The third kappa shape index (κ3) is 3.34. The zero-order valence-electron chi connectivity index (χ0n) is 12.3. The van der Waals surface area contributed by atoms with Gasteiger partial charge in [0, 0.05) is 11.3 Å². The van der Waals surface area contributed by atoms with E-state index in [1.807, 2.05) is 18.2 Å². The zero-order valence-corrected chi connectivity index (χ0v) is 12.3. The summed E-state index contributed by atoms with van der Waals surface area (Å²) in [4.78, 5) is 23.8. The molecular weight excluding hydrogens is 276 g/mol. The Morgan fingerprint density at radius 1 is 0.955 bits per heavy atom. The Hall–Kier alpha value is -2.62. The predicted octanol–water partition coefficient (Wildman–Crippen LogP) is 2.54. The number of benzene rings is 2. The van der Waals surface area contributed by atoms with Gasteiger partial charge in [0.1, 0.15) is 0 Å². The zero-order chi connectivity index (χ0) is 15.4. The maximum atomic E-state index is 11.9. The van der Waals surface area contributed by atoms with Crippen LogP contribution in [0.2, 0.25) is 0 Å². The Morgan fingerprint density at radius 3 is 2.55 bits per heavy atom. The molecule has 3 rings (SSSR count). The average Bonchev–Trinajstić information content (AvgIpc) is 3.01. The molecule has 0 bridgehead atoms. The molecule has 112 valence electrons. The highest BCUT2D eigenvalue weighted by atomic mass is 16.2. The van der Waals surface area contributed by atoms with Crippen LogP contribution < -0.4 is 10.6 Å². The maximum absolute atomic E-state index is 11.9. The number of aryl methyl sites for hydroxylation is 2. The Bertz CT molecular complexity index is 695. The second-order valence-corrected chi connectivity index (χ2v) is 5.43. The largest absolute Gasteiger partial charge is 0.343 e. The fourth-order valence-corrected chi connectivity index (χ4v) is 2.71. The summed E-state index contributed by atoms with van der Waals surface area (Å²) in [6, 6.07) is 14.9. The summed E-state index contributed by atoms with van der Waals surface area (Å²) in [5, 5.41) is 5.45. The normalized spacial score (nSPS) is 12.5. The lowest BCUT2D eigenvalue weighted by Crippen LogP contribution is -2.32. The van der Waals surface area contributed by atoms with Crippen LogP contribution in [0, 0.1) is 0 Å². The van der Waals surface area contributed by atoms with E-state index in [1.54, 1.807) is 24.3 Å². The maximum Gasteiger partial charge on any atom is 0.251 e. The van der Waals surface area contributed by atoms with Crippen molar-refractivity contribution < 1.29 is 9.59 Å². The molecule has 0 saturated carbocycles. The summed E-state index contributed by atoms with van der Waals surface area (Å²) in [6.07, 6.45) is 3.38. The monoisotopic (exact) mass is 294 g/mol. The summed E-state index contributed by atoms with van der Waals surface area (Å²) in [7, 11) is 0. The molecule has 0 aromatic heterocycles. The summed E-state index contributed by atoms with van der Waals surface area (Å²) >= 11 is 0. The molecule has 0 saturated heterocycles. The Balaban J connectivity index is 1.53. The number of hydrogen-bond donors (Lipinski definition) is 2. The third-order valence-electron chi connectivity index (χ3n) is 3.83. The molecule has 0 heterocycles. The summed E-state index contributed by atoms with van der Waals surface area (Å²) in [5.74, 6) is -0.466. The highest BCUT2D eigenvalue weighted by Gasteiger charge is 2.12. The second kappa shape index (κ2) is 6.43. The van der Waals surface area contributed by atoms with Crippen molar-refractivity contribution in [3.8, 4) is 0 Å². The SMILES string of the molecule is O=C(CNC(=O)c1ccccc1)Nc1ccc2c(c1)CCC2. The van der Waals surface area contributed by atoms with E-state index in [0.29, 0.717) is 5.56 Å². The predicted molar refractivity (Wildman–Crippen MR) is 85.9 cm³/mol. The summed E-state index contributed by atoms with van der Waals surface area (Å²) in [5.41, 5.74) is 4.02. The van der Waals surface area contributed by atoms with E-state index < -0.39 is 0 Å². The number of amides is 2. The molecule has 4 heteroatoms. The van der Waals surface area contributed by atoms with Crippen LogP contribution in [0.4, 0.5) is 5.69 Å². The highest BCUT2D eigenvalue weighted by Crippen LogP contribution is 2.24. The van der Waals surface area contributed by atoms with Crippen molar-refractivity contribution in [3.63, 3.8) is 0 Å². The lowest BCUT2D eigenvalue weighted by molar-refractivity contribution is -0.115. The molecule has 0 fully saturated rings. The fraction of sp³-hybridized carbons (Fsp3) is 0.222. The summed E-state index contributed by atoms with van der Waals surface area (Å²) in [6.45, 7) is -0.0369. The number of fused-ring (bicyclic) bond motifs is 1. The number of carbonyl (C=O) groups is 2. The van der Waals surface area contributed by atoms with Crippen LogP contribution in [0.25, 0.3) is 0 Å². The van der Waals surface area contributed by atoms with Gasteiger partial charge in [-0.15, -0.1) is 0 Å². The van der Waals surface area contributed by atoms with Crippen molar-refractivity contribution in [1.29, 1.82) is 0 Å². The van der Waals surface area contributed by atoms with E-state index in [0.717, 1.165) is 18.5 Å².